The molecule has 1 aliphatic carbocycles. The molecule has 108 valence electrons. The Morgan fingerprint density at radius 3 is 3.00 bits per heavy atom. The smallest absolute Gasteiger partial charge is 0.358 e. The summed E-state index contributed by atoms with van der Waals surface area (Å²) in [6.07, 6.45) is 3.34. The molecule has 21 heavy (non-hydrogen) atoms. The zero-order valence-electron chi connectivity index (χ0n) is 10.8. The van der Waals surface area contributed by atoms with Crippen molar-refractivity contribution in [3.8, 4) is 0 Å². The van der Waals surface area contributed by atoms with Gasteiger partial charge in [-0.3, -0.25) is 0 Å². The van der Waals surface area contributed by atoms with Gasteiger partial charge in [0.15, 0.2) is 0 Å². The van der Waals surface area contributed by atoms with Gasteiger partial charge in [-0.15, -0.1) is 11.8 Å². The second-order valence-electron chi connectivity index (χ2n) is 4.65. The van der Waals surface area contributed by atoms with Crippen LogP contribution in [0.2, 0.25) is 5.02 Å². The largest absolute Gasteiger partial charge is 0.377 e. The summed E-state index contributed by atoms with van der Waals surface area (Å²) in [7, 11) is 0. The fourth-order valence-electron chi connectivity index (χ4n) is 2.51. The van der Waals surface area contributed by atoms with Gasteiger partial charge in [-0.05, 0) is 80.7 Å². The Morgan fingerprint density at radius 2 is 2.24 bits per heavy atom. The average molecular weight is 433 g/mol. The van der Waals surface area contributed by atoms with Crippen LogP contribution >= 0.6 is 46.0 Å². The summed E-state index contributed by atoms with van der Waals surface area (Å²) in [5, 5.41) is 12.0. The SMILES string of the molecule is O=[N+]([O-])c1ncccc1SC1CCc2c(I)ccc(Cl)c21. The van der Waals surface area contributed by atoms with Crippen molar-refractivity contribution in [1.29, 1.82) is 0 Å². The molecule has 0 bridgehead atoms. The van der Waals surface area contributed by atoms with E-state index >= 15 is 0 Å². The molecular formula is C14H10ClIN2O2S. The van der Waals surface area contributed by atoms with Gasteiger partial charge in [0.25, 0.3) is 0 Å². The predicted molar refractivity (Wildman–Crippen MR) is 92.0 cm³/mol. The molecule has 1 unspecified atom stereocenters. The number of pyridine rings is 1. The molecule has 3 rings (SSSR count). The summed E-state index contributed by atoms with van der Waals surface area (Å²) >= 11 is 10.1. The number of fused-ring (bicyclic) bond motifs is 1. The van der Waals surface area contributed by atoms with E-state index in [2.05, 4.69) is 27.6 Å². The van der Waals surface area contributed by atoms with Crippen molar-refractivity contribution in [2.24, 2.45) is 0 Å². The number of nitrogens with zero attached hydrogens (tertiary/aromatic N) is 2. The Kier molecular flexibility index (Phi) is 4.37. The number of nitro groups is 1. The van der Waals surface area contributed by atoms with E-state index in [1.807, 2.05) is 12.1 Å². The van der Waals surface area contributed by atoms with E-state index in [1.54, 1.807) is 12.1 Å². The lowest BCUT2D eigenvalue weighted by atomic mass is 10.1. The number of rotatable bonds is 3. The first kappa shape index (κ1) is 15.1. The summed E-state index contributed by atoms with van der Waals surface area (Å²) in [5.41, 5.74) is 2.39. The van der Waals surface area contributed by atoms with Crippen molar-refractivity contribution >= 4 is 51.8 Å². The third-order valence-electron chi connectivity index (χ3n) is 3.42. The van der Waals surface area contributed by atoms with Gasteiger partial charge >= 0.3 is 5.82 Å². The summed E-state index contributed by atoms with van der Waals surface area (Å²) in [6, 6.07) is 7.39. The highest BCUT2D eigenvalue weighted by atomic mass is 127. The van der Waals surface area contributed by atoms with E-state index in [1.165, 1.54) is 27.1 Å². The van der Waals surface area contributed by atoms with Crippen LogP contribution in [0, 0.1) is 13.7 Å². The second-order valence-corrected chi connectivity index (χ2v) is 7.46. The highest BCUT2D eigenvalue weighted by Crippen LogP contribution is 2.49. The van der Waals surface area contributed by atoms with Crippen molar-refractivity contribution in [3.63, 3.8) is 0 Å². The molecule has 7 heteroatoms. The van der Waals surface area contributed by atoms with E-state index in [0.717, 1.165) is 23.4 Å². The molecule has 1 heterocycles. The maximum atomic E-state index is 11.1. The standard InChI is InChI=1S/C14H10ClIN2O2S/c15-9-4-5-10(16)8-3-6-11(13(8)9)21-12-2-1-7-17-14(12)18(19)20/h1-2,4-5,7,11H,3,6H2. The van der Waals surface area contributed by atoms with Gasteiger partial charge in [-0.1, -0.05) is 11.6 Å². The number of benzene rings is 1. The van der Waals surface area contributed by atoms with Crippen LogP contribution in [0.3, 0.4) is 0 Å². The monoisotopic (exact) mass is 432 g/mol. The quantitative estimate of drug-likeness (QED) is 0.388. The molecule has 0 spiro atoms. The number of aromatic nitrogens is 1. The van der Waals surface area contributed by atoms with Crippen LogP contribution in [-0.4, -0.2) is 9.91 Å². The molecule has 0 N–H and O–H groups in total. The van der Waals surface area contributed by atoms with Gasteiger partial charge in [0.1, 0.15) is 11.1 Å². The molecule has 1 aromatic heterocycles. The Balaban J connectivity index is 1.97. The summed E-state index contributed by atoms with van der Waals surface area (Å²) in [6.45, 7) is 0. The van der Waals surface area contributed by atoms with Crippen LogP contribution in [0.4, 0.5) is 5.82 Å². The highest BCUT2D eigenvalue weighted by Gasteiger charge is 2.29. The Bertz CT molecular complexity index is 726. The first-order valence-corrected chi connectivity index (χ1v) is 8.64. The van der Waals surface area contributed by atoms with E-state index in [9.17, 15) is 10.1 Å². The summed E-state index contributed by atoms with van der Waals surface area (Å²) in [5.74, 6) is -0.0855. The lowest BCUT2D eigenvalue weighted by molar-refractivity contribution is -0.392. The number of hydrogen-bond donors (Lipinski definition) is 0. The predicted octanol–water partition coefficient (Wildman–Crippen LogP) is 5.03. The topological polar surface area (TPSA) is 56.0 Å². The minimum atomic E-state index is -0.436. The van der Waals surface area contributed by atoms with E-state index < -0.39 is 4.92 Å². The first-order chi connectivity index (χ1) is 10.1. The van der Waals surface area contributed by atoms with Crippen molar-refractivity contribution in [2.75, 3.05) is 0 Å². The van der Waals surface area contributed by atoms with Gasteiger partial charge in [0.05, 0.1) is 0 Å². The van der Waals surface area contributed by atoms with Gasteiger partial charge in [0, 0.05) is 13.8 Å². The number of thioether (sulfide) groups is 1. The summed E-state index contributed by atoms with van der Waals surface area (Å²) in [4.78, 5) is 15.1. The molecule has 0 radical (unpaired) electrons. The van der Waals surface area contributed by atoms with E-state index in [4.69, 9.17) is 11.6 Å². The molecule has 2 aromatic rings. The van der Waals surface area contributed by atoms with Gasteiger partial charge in [-0.2, -0.15) is 0 Å². The third kappa shape index (κ3) is 2.89. The lowest BCUT2D eigenvalue weighted by Gasteiger charge is -2.13. The van der Waals surface area contributed by atoms with Crippen LogP contribution in [0.5, 0.6) is 0 Å². The highest BCUT2D eigenvalue weighted by molar-refractivity contribution is 14.1. The molecule has 1 aromatic carbocycles. The van der Waals surface area contributed by atoms with Crippen LogP contribution in [-0.2, 0) is 6.42 Å². The Labute approximate surface area is 144 Å². The Hall–Kier alpha value is -0.860. The Morgan fingerprint density at radius 1 is 1.43 bits per heavy atom. The van der Waals surface area contributed by atoms with Gasteiger partial charge < -0.3 is 10.1 Å². The molecule has 1 atom stereocenters. The maximum absolute atomic E-state index is 11.1. The van der Waals surface area contributed by atoms with Crippen molar-refractivity contribution in [1.82, 2.24) is 4.98 Å². The minimum Gasteiger partial charge on any atom is -0.358 e. The molecule has 0 saturated heterocycles. The normalized spacial score (nSPS) is 16.8. The molecule has 0 fully saturated rings. The van der Waals surface area contributed by atoms with Crippen molar-refractivity contribution < 1.29 is 4.92 Å². The number of hydrogen-bond acceptors (Lipinski definition) is 4. The second kappa shape index (κ2) is 6.10. The molecule has 4 nitrogen and oxygen atoms in total. The van der Waals surface area contributed by atoms with E-state index in [0.29, 0.717) is 4.90 Å². The van der Waals surface area contributed by atoms with E-state index in [-0.39, 0.29) is 11.1 Å². The minimum absolute atomic E-state index is 0.0855. The lowest BCUT2D eigenvalue weighted by Crippen LogP contribution is -1.96. The maximum Gasteiger partial charge on any atom is 0.377 e. The summed E-state index contributed by atoms with van der Waals surface area (Å²) < 4.78 is 1.20. The van der Waals surface area contributed by atoms with Gasteiger partial charge in [0.2, 0.25) is 0 Å². The zero-order valence-corrected chi connectivity index (χ0v) is 14.5. The molecule has 0 aliphatic heterocycles. The molecule has 0 amide bonds. The molecule has 0 saturated carbocycles. The number of halogens is 2. The zero-order chi connectivity index (χ0) is 15.0. The van der Waals surface area contributed by atoms with Crippen LogP contribution in [0.1, 0.15) is 22.8 Å². The molecule has 1 aliphatic rings. The van der Waals surface area contributed by atoms with Crippen LogP contribution in [0.25, 0.3) is 0 Å². The molecular weight excluding hydrogens is 423 g/mol. The average Bonchev–Trinajstić information content (AvgIpc) is 2.88. The third-order valence-corrected chi connectivity index (χ3v) is 6.09. The van der Waals surface area contributed by atoms with Gasteiger partial charge in [-0.25, -0.2) is 0 Å². The van der Waals surface area contributed by atoms with Crippen molar-refractivity contribution in [2.45, 2.75) is 23.0 Å². The van der Waals surface area contributed by atoms with Crippen molar-refractivity contribution in [3.05, 3.63) is 60.3 Å². The first-order valence-electron chi connectivity index (χ1n) is 6.30. The fraction of sp³-hybridized carbons (Fsp3) is 0.214. The van der Waals surface area contributed by atoms with Crippen LogP contribution < -0.4 is 0 Å². The van der Waals surface area contributed by atoms with Crippen LogP contribution in [0.15, 0.2) is 35.4 Å². The fourth-order valence-corrected chi connectivity index (χ4v) is 4.95.